The zero-order chi connectivity index (χ0) is 12.8. The van der Waals surface area contributed by atoms with Crippen LogP contribution in [0.2, 0.25) is 0 Å². The molecule has 0 aliphatic rings. The number of nitrogens with zero attached hydrogens (tertiary/aromatic N) is 1. The molecule has 2 aromatic rings. The van der Waals surface area contributed by atoms with Crippen LogP contribution in [-0.4, -0.2) is 25.0 Å². The van der Waals surface area contributed by atoms with Gasteiger partial charge in [0.1, 0.15) is 5.76 Å². The van der Waals surface area contributed by atoms with Gasteiger partial charge in [0.15, 0.2) is 0 Å². The number of hydrogen-bond acceptors (Lipinski definition) is 3. The molecule has 0 bridgehead atoms. The second-order valence-corrected chi connectivity index (χ2v) is 4.62. The Morgan fingerprint density at radius 2 is 1.94 bits per heavy atom. The van der Waals surface area contributed by atoms with Crippen LogP contribution in [0.1, 0.15) is 17.2 Å². The molecule has 3 heteroatoms. The normalized spacial score (nSPS) is 12.8. The third-order valence-corrected chi connectivity index (χ3v) is 3.09. The average molecular weight is 244 g/mol. The first kappa shape index (κ1) is 12.9. The van der Waals surface area contributed by atoms with Gasteiger partial charge in [0.05, 0.1) is 12.8 Å². The smallest absolute Gasteiger partial charge is 0.117 e. The third kappa shape index (κ3) is 3.45. The standard InChI is InChI=1S/C15H20N2O/c1-17(12-15-8-5-9-18-15)11-14(10-16)13-6-3-2-4-7-13/h2-9,14H,10-12,16H2,1H3. The second-order valence-electron chi connectivity index (χ2n) is 4.62. The summed E-state index contributed by atoms with van der Waals surface area (Å²) < 4.78 is 5.35. The number of hydrogen-bond donors (Lipinski definition) is 1. The molecule has 1 unspecified atom stereocenters. The van der Waals surface area contributed by atoms with Crippen molar-refractivity contribution in [3.63, 3.8) is 0 Å². The number of furan rings is 1. The maximum absolute atomic E-state index is 5.88. The van der Waals surface area contributed by atoms with Crippen molar-refractivity contribution in [1.82, 2.24) is 4.90 Å². The Morgan fingerprint density at radius 3 is 2.56 bits per heavy atom. The van der Waals surface area contributed by atoms with Crippen LogP contribution in [0.5, 0.6) is 0 Å². The number of nitrogens with two attached hydrogens (primary N) is 1. The van der Waals surface area contributed by atoms with Crippen LogP contribution in [0.3, 0.4) is 0 Å². The summed E-state index contributed by atoms with van der Waals surface area (Å²) in [5, 5.41) is 0. The van der Waals surface area contributed by atoms with Gasteiger partial charge in [-0.25, -0.2) is 0 Å². The monoisotopic (exact) mass is 244 g/mol. The highest BCUT2D eigenvalue weighted by molar-refractivity contribution is 5.20. The molecule has 0 fully saturated rings. The van der Waals surface area contributed by atoms with Crippen LogP contribution >= 0.6 is 0 Å². The number of rotatable bonds is 6. The molecule has 1 aromatic heterocycles. The van der Waals surface area contributed by atoms with Crippen LogP contribution in [0.25, 0.3) is 0 Å². The second kappa shape index (κ2) is 6.38. The summed E-state index contributed by atoms with van der Waals surface area (Å²) in [5.41, 5.74) is 7.17. The first-order chi connectivity index (χ1) is 8.79. The van der Waals surface area contributed by atoms with E-state index in [0.29, 0.717) is 12.5 Å². The summed E-state index contributed by atoms with van der Waals surface area (Å²) in [5.74, 6) is 1.35. The van der Waals surface area contributed by atoms with Crippen LogP contribution < -0.4 is 5.73 Å². The molecule has 0 saturated heterocycles. The zero-order valence-corrected chi connectivity index (χ0v) is 10.8. The molecule has 2 rings (SSSR count). The Kier molecular flexibility index (Phi) is 4.56. The van der Waals surface area contributed by atoms with E-state index in [-0.39, 0.29) is 0 Å². The SMILES string of the molecule is CN(Cc1ccco1)CC(CN)c1ccccc1. The molecule has 0 aliphatic heterocycles. The van der Waals surface area contributed by atoms with Crippen molar-refractivity contribution < 1.29 is 4.42 Å². The van der Waals surface area contributed by atoms with Crippen molar-refractivity contribution in [3.05, 3.63) is 60.1 Å². The topological polar surface area (TPSA) is 42.4 Å². The average Bonchev–Trinajstić information content (AvgIpc) is 2.90. The highest BCUT2D eigenvalue weighted by atomic mass is 16.3. The molecule has 18 heavy (non-hydrogen) atoms. The minimum absolute atomic E-state index is 0.367. The molecule has 0 amide bonds. The fourth-order valence-electron chi connectivity index (χ4n) is 2.15. The molecule has 1 atom stereocenters. The van der Waals surface area contributed by atoms with Crippen LogP contribution in [0.15, 0.2) is 53.1 Å². The van der Waals surface area contributed by atoms with E-state index >= 15 is 0 Å². The summed E-state index contributed by atoms with van der Waals surface area (Å²) >= 11 is 0. The fourth-order valence-corrected chi connectivity index (χ4v) is 2.15. The molecule has 0 spiro atoms. The lowest BCUT2D eigenvalue weighted by Gasteiger charge is -2.22. The highest BCUT2D eigenvalue weighted by Crippen LogP contribution is 2.16. The van der Waals surface area contributed by atoms with Crippen molar-refractivity contribution >= 4 is 0 Å². The van der Waals surface area contributed by atoms with E-state index in [2.05, 4.69) is 36.2 Å². The molecular formula is C15H20N2O. The largest absolute Gasteiger partial charge is 0.468 e. The Balaban J connectivity index is 1.94. The van der Waals surface area contributed by atoms with Gasteiger partial charge >= 0.3 is 0 Å². The van der Waals surface area contributed by atoms with Gasteiger partial charge in [0.25, 0.3) is 0 Å². The first-order valence-corrected chi connectivity index (χ1v) is 6.25. The lowest BCUT2D eigenvalue weighted by Crippen LogP contribution is -2.28. The molecular weight excluding hydrogens is 224 g/mol. The lowest BCUT2D eigenvalue weighted by molar-refractivity contribution is 0.278. The summed E-state index contributed by atoms with van der Waals surface area (Å²) in [7, 11) is 2.09. The van der Waals surface area contributed by atoms with Crippen LogP contribution in [0, 0.1) is 0 Å². The summed E-state index contributed by atoms with van der Waals surface area (Å²) in [6.45, 7) is 2.41. The molecule has 3 nitrogen and oxygen atoms in total. The van der Waals surface area contributed by atoms with Crippen LogP contribution in [0.4, 0.5) is 0 Å². The summed E-state index contributed by atoms with van der Waals surface area (Å²) in [6, 6.07) is 14.3. The maximum Gasteiger partial charge on any atom is 0.117 e. The molecule has 1 heterocycles. The van der Waals surface area contributed by atoms with Gasteiger partial charge in [-0.05, 0) is 24.7 Å². The molecule has 96 valence electrons. The predicted molar refractivity (Wildman–Crippen MR) is 73.3 cm³/mol. The van der Waals surface area contributed by atoms with Gasteiger partial charge in [0, 0.05) is 19.0 Å². The van der Waals surface area contributed by atoms with Gasteiger partial charge in [-0.3, -0.25) is 4.90 Å². The Morgan fingerprint density at radius 1 is 1.17 bits per heavy atom. The molecule has 0 saturated carbocycles. The van der Waals surface area contributed by atoms with Crippen molar-refractivity contribution in [1.29, 1.82) is 0 Å². The van der Waals surface area contributed by atoms with Gasteiger partial charge in [-0.15, -0.1) is 0 Å². The molecule has 1 aromatic carbocycles. The van der Waals surface area contributed by atoms with Crippen molar-refractivity contribution in [2.45, 2.75) is 12.5 Å². The third-order valence-electron chi connectivity index (χ3n) is 3.09. The molecule has 0 radical (unpaired) electrons. The van der Waals surface area contributed by atoms with Gasteiger partial charge in [-0.2, -0.15) is 0 Å². The Hall–Kier alpha value is -1.58. The Labute approximate surface area is 108 Å². The predicted octanol–water partition coefficient (Wildman–Crippen LogP) is 2.45. The van der Waals surface area contributed by atoms with Crippen molar-refractivity contribution in [3.8, 4) is 0 Å². The van der Waals surface area contributed by atoms with Crippen molar-refractivity contribution in [2.75, 3.05) is 20.1 Å². The number of benzene rings is 1. The fraction of sp³-hybridized carbons (Fsp3) is 0.333. The summed E-state index contributed by atoms with van der Waals surface area (Å²) in [6.07, 6.45) is 1.71. The van der Waals surface area contributed by atoms with Crippen LogP contribution in [-0.2, 0) is 6.54 Å². The summed E-state index contributed by atoms with van der Waals surface area (Å²) in [4.78, 5) is 2.24. The molecule has 0 aliphatic carbocycles. The van der Waals surface area contributed by atoms with E-state index in [1.807, 2.05) is 18.2 Å². The van der Waals surface area contributed by atoms with E-state index < -0.39 is 0 Å². The first-order valence-electron chi connectivity index (χ1n) is 6.25. The van der Waals surface area contributed by atoms with Crippen molar-refractivity contribution in [2.24, 2.45) is 5.73 Å². The zero-order valence-electron chi connectivity index (χ0n) is 10.8. The highest BCUT2D eigenvalue weighted by Gasteiger charge is 2.13. The van der Waals surface area contributed by atoms with Gasteiger partial charge in [-0.1, -0.05) is 30.3 Å². The minimum atomic E-state index is 0.367. The lowest BCUT2D eigenvalue weighted by atomic mass is 9.99. The van der Waals surface area contributed by atoms with Gasteiger partial charge in [0.2, 0.25) is 0 Å². The van der Waals surface area contributed by atoms with E-state index in [1.54, 1.807) is 6.26 Å². The maximum atomic E-state index is 5.88. The van der Waals surface area contributed by atoms with E-state index in [1.165, 1.54) is 5.56 Å². The minimum Gasteiger partial charge on any atom is -0.468 e. The van der Waals surface area contributed by atoms with E-state index in [0.717, 1.165) is 18.8 Å². The quantitative estimate of drug-likeness (QED) is 0.848. The number of likely N-dealkylation sites (N-methyl/N-ethyl adjacent to an activating group) is 1. The van der Waals surface area contributed by atoms with E-state index in [9.17, 15) is 0 Å². The Bertz CT molecular complexity index is 439. The van der Waals surface area contributed by atoms with E-state index in [4.69, 9.17) is 10.2 Å². The van der Waals surface area contributed by atoms with Gasteiger partial charge < -0.3 is 10.2 Å². The molecule has 2 N–H and O–H groups in total.